The highest BCUT2D eigenvalue weighted by atomic mass is 35.5. The third kappa shape index (κ3) is 6.83. The van der Waals surface area contributed by atoms with Gasteiger partial charge in [-0.25, -0.2) is 4.68 Å². The van der Waals surface area contributed by atoms with Crippen molar-refractivity contribution in [3.05, 3.63) is 63.6 Å². The van der Waals surface area contributed by atoms with E-state index in [9.17, 15) is 0 Å². The van der Waals surface area contributed by atoms with Gasteiger partial charge in [-0.15, -0.1) is 5.10 Å². The third-order valence-electron chi connectivity index (χ3n) is 3.75. The van der Waals surface area contributed by atoms with Gasteiger partial charge in [-0.2, -0.15) is 0 Å². The van der Waals surface area contributed by atoms with Crippen molar-refractivity contribution in [1.29, 1.82) is 0 Å². The van der Waals surface area contributed by atoms with E-state index < -0.39 is 0 Å². The second-order valence-corrected chi connectivity index (χ2v) is 7.68. The van der Waals surface area contributed by atoms with Crippen LogP contribution in [0.2, 0.25) is 10.0 Å². The highest BCUT2D eigenvalue weighted by molar-refractivity contribution is 7.99. The van der Waals surface area contributed by atoms with Gasteiger partial charge in [0.05, 0.1) is 0 Å². The molecule has 6 nitrogen and oxygen atoms in total. The zero-order valence-corrected chi connectivity index (χ0v) is 18.2. The molecule has 0 aliphatic heterocycles. The number of aromatic nitrogens is 4. The Morgan fingerprint density at radius 2 is 1.93 bits per heavy atom. The summed E-state index contributed by atoms with van der Waals surface area (Å²) < 4.78 is 7.46. The molecule has 3 rings (SSSR count). The lowest BCUT2D eigenvalue weighted by Crippen LogP contribution is -3.00. The number of rotatable bonds is 9. The Bertz CT molecular complexity index is 876. The Kier molecular flexibility index (Phi) is 9.34. The van der Waals surface area contributed by atoms with Gasteiger partial charge in [-0.1, -0.05) is 53.2 Å². The van der Waals surface area contributed by atoms with Crippen molar-refractivity contribution in [1.82, 2.24) is 25.5 Å². The number of tetrazole rings is 1. The fourth-order valence-corrected chi connectivity index (χ4v) is 3.50. The van der Waals surface area contributed by atoms with E-state index in [0.29, 0.717) is 16.7 Å². The number of aryl methyl sites for hydroxylation is 1. The molecule has 1 N–H and O–H groups in total. The molecule has 0 fully saturated rings. The van der Waals surface area contributed by atoms with Gasteiger partial charge >= 0.3 is 0 Å². The largest absolute Gasteiger partial charge is 1.00 e. The molecule has 2 aromatic carbocycles. The molecule has 1 aromatic heterocycles. The summed E-state index contributed by atoms with van der Waals surface area (Å²) in [5.41, 5.74) is 2.10. The summed E-state index contributed by atoms with van der Waals surface area (Å²) in [6, 6.07) is 13.4. The Hall–Kier alpha value is -1.51. The molecule has 1 heterocycles. The van der Waals surface area contributed by atoms with Gasteiger partial charge in [-0.3, -0.25) is 0 Å². The van der Waals surface area contributed by atoms with Crippen LogP contribution in [0.4, 0.5) is 0 Å². The number of nitrogens with zero attached hydrogens (tertiary/aromatic N) is 4. The van der Waals surface area contributed by atoms with Crippen LogP contribution in [-0.2, 0) is 20.2 Å². The second kappa shape index (κ2) is 11.5. The molecule has 0 atom stereocenters. The van der Waals surface area contributed by atoms with E-state index in [0.717, 1.165) is 35.3 Å². The van der Waals surface area contributed by atoms with Crippen molar-refractivity contribution < 1.29 is 17.1 Å². The van der Waals surface area contributed by atoms with Crippen LogP contribution in [0.25, 0.3) is 0 Å². The first-order valence-corrected chi connectivity index (χ1v) is 10.1. The standard InChI is InChI=1S/C18H19Cl2N5OS.ClH/c1-25-18(22-23-24-25)27-9-8-21-11-13-2-6-16(7-3-13)26-12-14-4-5-15(19)10-17(14)20;/h2-7,10,21H,8-9,11-12H2,1H3;1H/p-1. The average molecular weight is 460 g/mol. The van der Waals surface area contributed by atoms with Crippen LogP contribution >= 0.6 is 35.0 Å². The Morgan fingerprint density at radius 3 is 2.61 bits per heavy atom. The highest BCUT2D eigenvalue weighted by Gasteiger charge is 2.04. The maximum atomic E-state index is 6.16. The van der Waals surface area contributed by atoms with Crippen molar-refractivity contribution in [2.45, 2.75) is 18.3 Å². The smallest absolute Gasteiger partial charge is 0.209 e. The van der Waals surface area contributed by atoms with Gasteiger partial charge in [0.1, 0.15) is 12.4 Å². The summed E-state index contributed by atoms with van der Waals surface area (Å²) in [7, 11) is 1.83. The minimum Gasteiger partial charge on any atom is -1.00 e. The topological polar surface area (TPSA) is 64.9 Å². The van der Waals surface area contributed by atoms with Crippen LogP contribution in [0.15, 0.2) is 47.6 Å². The molecule has 10 heteroatoms. The minimum atomic E-state index is 0. The molecule has 0 aliphatic rings. The van der Waals surface area contributed by atoms with E-state index in [2.05, 4.69) is 20.8 Å². The first kappa shape index (κ1) is 22.8. The molecule has 0 radical (unpaired) electrons. The number of halogens is 3. The van der Waals surface area contributed by atoms with E-state index in [1.165, 1.54) is 5.56 Å². The maximum absolute atomic E-state index is 6.16. The van der Waals surface area contributed by atoms with Crippen LogP contribution in [0, 0.1) is 0 Å². The molecule has 3 aromatic rings. The second-order valence-electron chi connectivity index (χ2n) is 5.78. The molecule has 0 saturated heterocycles. The summed E-state index contributed by atoms with van der Waals surface area (Å²) >= 11 is 13.7. The maximum Gasteiger partial charge on any atom is 0.209 e. The quantitative estimate of drug-likeness (QED) is 0.380. The molecule has 0 aliphatic carbocycles. The predicted molar refractivity (Wildman–Crippen MR) is 108 cm³/mol. The molecule has 28 heavy (non-hydrogen) atoms. The molecule has 0 unspecified atom stereocenters. The lowest BCUT2D eigenvalue weighted by molar-refractivity contribution is -0.00000588. The van der Waals surface area contributed by atoms with Crippen LogP contribution in [0.1, 0.15) is 11.1 Å². The summed E-state index contributed by atoms with van der Waals surface area (Å²) in [5.74, 6) is 1.70. The number of benzene rings is 2. The molecule has 0 saturated carbocycles. The molecule has 0 spiro atoms. The van der Waals surface area contributed by atoms with Crippen molar-refractivity contribution in [3.63, 3.8) is 0 Å². The zero-order chi connectivity index (χ0) is 19.1. The molecular formula is C18H19Cl3N5OS-. The third-order valence-corrected chi connectivity index (χ3v) is 5.35. The Labute approximate surface area is 184 Å². The summed E-state index contributed by atoms with van der Waals surface area (Å²) in [6.07, 6.45) is 0. The lowest BCUT2D eigenvalue weighted by Gasteiger charge is -2.09. The van der Waals surface area contributed by atoms with Gasteiger partial charge in [0.15, 0.2) is 0 Å². The number of nitrogens with one attached hydrogen (secondary N) is 1. The predicted octanol–water partition coefficient (Wildman–Crippen LogP) is 0.982. The molecule has 0 bridgehead atoms. The van der Waals surface area contributed by atoms with Gasteiger partial charge < -0.3 is 22.5 Å². The molecule has 0 amide bonds. The lowest BCUT2D eigenvalue weighted by atomic mass is 10.2. The van der Waals surface area contributed by atoms with Crippen LogP contribution in [-0.4, -0.2) is 32.5 Å². The monoisotopic (exact) mass is 458 g/mol. The fraction of sp³-hybridized carbons (Fsp3) is 0.278. The van der Waals surface area contributed by atoms with Gasteiger partial charge in [0.2, 0.25) is 5.16 Å². The fourth-order valence-electron chi connectivity index (χ4n) is 2.29. The number of thioether (sulfide) groups is 1. The van der Waals surface area contributed by atoms with Crippen molar-refractivity contribution in [2.24, 2.45) is 7.05 Å². The van der Waals surface area contributed by atoms with Crippen molar-refractivity contribution in [2.75, 3.05) is 12.3 Å². The van der Waals surface area contributed by atoms with E-state index in [-0.39, 0.29) is 12.4 Å². The number of hydrogen-bond acceptors (Lipinski definition) is 6. The number of ether oxygens (including phenoxy) is 1. The van der Waals surface area contributed by atoms with Crippen LogP contribution in [0.3, 0.4) is 0 Å². The minimum absolute atomic E-state index is 0. The van der Waals surface area contributed by atoms with E-state index in [1.807, 2.05) is 37.4 Å². The highest BCUT2D eigenvalue weighted by Crippen LogP contribution is 2.23. The Balaban J connectivity index is 0.00000280. The van der Waals surface area contributed by atoms with Gasteiger partial charge in [0.25, 0.3) is 0 Å². The summed E-state index contributed by atoms with van der Waals surface area (Å²) in [4.78, 5) is 0. The Morgan fingerprint density at radius 1 is 1.14 bits per heavy atom. The first-order valence-electron chi connectivity index (χ1n) is 8.33. The number of hydrogen-bond donors (Lipinski definition) is 1. The SMILES string of the molecule is Cn1nnnc1SCCNCc1ccc(OCc2ccc(Cl)cc2Cl)cc1.[Cl-]. The van der Waals surface area contributed by atoms with Crippen LogP contribution in [0.5, 0.6) is 5.75 Å². The zero-order valence-electron chi connectivity index (χ0n) is 15.1. The summed E-state index contributed by atoms with van der Waals surface area (Å²) in [5, 5.41) is 16.8. The van der Waals surface area contributed by atoms with Gasteiger partial charge in [0, 0.05) is 41.5 Å². The first-order chi connectivity index (χ1) is 13.1. The van der Waals surface area contributed by atoms with Crippen molar-refractivity contribution >= 4 is 35.0 Å². The average Bonchev–Trinajstić information content (AvgIpc) is 3.07. The van der Waals surface area contributed by atoms with E-state index >= 15 is 0 Å². The van der Waals surface area contributed by atoms with Gasteiger partial charge in [-0.05, 0) is 40.3 Å². The normalized spacial score (nSPS) is 10.5. The molecular weight excluding hydrogens is 441 g/mol. The van der Waals surface area contributed by atoms with E-state index in [4.69, 9.17) is 27.9 Å². The summed E-state index contributed by atoms with van der Waals surface area (Å²) in [6.45, 7) is 2.06. The van der Waals surface area contributed by atoms with Crippen LogP contribution < -0.4 is 22.5 Å². The van der Waals surface area contributed by atoms with E-state index in [1.54, 1.807) is 28.6 Å². The van der Waals surface area contributed by atoms with Crippen molar-refractivity contribution in [3.8, 4) is 5.75 Å². The molecule has 150 valence electrons.